The molecule has 29 heavy (non-hydrogen) atoms. The molecule has 3 aromatic carbocycles. The van der Waals surface area contributed by atoms with E-state index in [1.165, 1.54) is 16.4 Å². The van der Waals surface area contributed by atoms with Crippen LogP contribution in [-0.2, 0) is 20.0 Å². The van der Waals surface area contributed by atoms with Gasteiger partial charge in [0.05, 0.1) is 15.5 Å². The molecule has 0 amide bonds. The molecule has 0 fully saturated rings. The van der Waals surface area contributed by atoms with Crippen LogP contribution < -0.4 is 4.72 Å². The molecule has 0 aliphatic carbocycles. The van der Waals surface area contributed by atoms with E-state index in [1.54, 1.807) is 45.0 Å². The molecule has 0 bridgehead atoms. The summed E-state index contributed by atoms with van der Waals surface area (Å²) in [5.41, 5.74) is 0.764. The molecule has 0 saturated carbocycles. The molecule has 0 aromatic heterocycles. The number of fused-ring (bicyclic) bond motifs is 1. The second-order valence-corrected chi connectivity index (χ2v) is 10.3. The van der Waals surface area contributed by atoms with E-state index in [0.717, 1.165) is 10.8 Å². The molecule has 8 heteroatoms. The highest BCUT2D eigenvalue weighted by Crippen LogP contribution is 2.26. The van der Waals surface area contributed by atoms with Crippen molar-refractivity contribution in [2.24, 2.45) is 0 Å². The van der Waals surface area contributed by atoms with Crippen LogP contribution in [0.3, 0.4) is 0 Å². The standard InChI is InChI=1S/C21H24N2O4S2/c1-4-23(5-2)29(26,27)21-15-19(12-10-16(21)3)22-28(24,25)20-13-11-17-8-6-7-9-18(17)14-20/h6-15,22H,4-5H2,1-3H3. The van der Waals surface area contributed by atoms with Crippen LogP contribution in [-0.4, -0.2) is 34.2 Å². The van der Waals surface area contributed by atoms with Crippen molar-refractivity contribution in [3.8, 4) is 0 Å². The zero-order valence-corrected chi connectivity index (χ0v) is 18.2. The van der Waals surface area contributed by atoms with E-state index in [0.29, 0.717) is 18.7 Å². The Labute approximate surface area is 172 Å². The molecule has 0 unspecified atom stereocenters. The van der Waals surface area contributed by atoms with Crippen LogP contribution in [0.15, 0.2) is 70.5 Å². The lowest BCUT2D eigenvalue weighted by atomic mass is 10.1. The molecule has 0 spiro atoms. The van der Waals surface area contributed by atoms with Crippen molar-refractivity contribution >= 4 is 36.5 Å². The van der Waals surface area contributed by atoms with Crippen molar-refractivity contribution in [3.63, 3.8) is 0 Å². The molecule has 154 valence electrons. The molecule has 0 atom stereocenters. The van der Waals surface area contributed by atoms with Gasteiger partial charge in [-0.25, -0.2) is 16.8 Å². The monoisotopic (exact) mass is 432 g/mol. The quantitative estimate of drug-likeness (QED) is 0.612. The predicted molar refractivity (Wildman–Crippen MR) is 116 cm³/mol. The fraction of sp³-hybridized carbons (Fsp3) is 0.238. The fourth-order valence-electron chi connectivity index (χ4n) is 3.19. The van der Waals surface area contributed by atoms with Gasteiger partial charge in [-0.2, -0.15) is 4.31 Å². The van der Waals surface area contributed by atoms with Gasteiger partial charge in [-0.05, 0) is 47.5 Å². The Morgan fingerprint density at radius 1 is 0.828 bits per heavy atom. The van der Waals surface area contributed by atoms with Crippen molar-refractivity contribution in [1.82, 2.24) is 4.31 Å². The van der Waals surface area contributed by atoms with Crippen molar-refractivity contribution in [2.45, 2.75) is 30.6 Å². The zero-order chi connectivity index (χ0) is 21.2. The Bertz CT molecular complexity index is 1250. The first kappa shape index (κ1) is 21.3. The Kier molecular flexibility index (Phi) is 5.97. The second-order valence-electron chi connectivity index (χ2n) is 6.68. The summed E-state index contributed by atoms with van der Waals surface area (Å²) >= 11 is 0. The van der Waals surface area contributed by atoms with Crippen LogP contribution in [0.1, 0.15) is 19.4 Å². The third-order valence-corrected chi connectivity index (χ3v) is 8.37. The molecule has 6 nitrogen and oxygen atoms in total. The van der Waals surface area contributed by atoms with E-state index in [9.17, 15) is 16.8 Å². The lowest BCUT2D eigenvalue weighted by Crippen LogP contribution is -2.31. The molecule has 0 radical (unpaired) electrons. The SMILES string of the molecule is CCN(CC)S(=O)(=O)c1cc(NS(=O)(=O)c2ccc3ccccc3c2)ccc1C. The third-order valence-electron chi connectivity index (χ3n) is 4.79. The van der Waals surface area contributed by atoms with E-state index in [4.69, 9.17) is 0 Å². The normalized spacial score (nSPS) is 12.4. The first-order chi connectivity index (χ1) is 13.7. The Hall–Kier alpha value is -2.42. The van der Waals surface area contributed by atoms with E-state index in [1.807, 2.05) is 24.3 Å². The summed E-state index contributed by atoms with van der Waals surface area (Å²) in [5.74, 6) is 0. The lowest BCUT2D eigenvalue weighted by Gasteiger charge is -2.20. The van der Waals surface area contributed by atoms with Crippen LogP contribution in [0.4, 0.5) is 5.69 Å². The number of nitrogens with zero attached hydrogens (tertiary/aromatic N) is 1. The molecule has 1 N–H and O–H groups in total. The average molecular weight is 433 g/mol. The molecular formula is C21H24N2O4S2. The summed E-state index contributed by atoms with van der Waals surface area (Å²) in [6.07, 6.45) is 0. The maximum absolute atomic E-state index is 12.9. The highest BCUT2D eigenvalue weighted by Gasteiger charge is 2.24. The molecule has 3 aromatic rings. The molecular weight excluding hydrogens is 408 g/mol. The third kappa shape index (κ3) is 4.29. The van der Waals surface area contributed by atoms with Crippen molar-refractivity contribution in [3.05, 3.63) is 66.2 Å². The predicted octanol–water partition coefficient (Wildman–Crippen LogP) is 3.98. The van der Waals surface area contributed by atoms with E-state index in [-0.39, 0.29) is 15.5 Å². The largest absolute Gasteiger partial charge is 0.280 e. The smallest absolute Gasteiger partial charge is 0.261 e. The van der Waals surface area contributed by atoms with E-state index in [2.05, 4.69) is 4.72 Å². The summed E-state index contributed by atoms with van der Waals surface area (Å²) in [5, 5.41) is 1.75. The summed E-state index contributed by atoms with van der Waals surface area (Å²) in [6, 6.07) is 16.9. The number of sulfonamides is 2. The highest BCUT2D eigenvalue weighted by molar-refractivity contribution is 7.92. The zero-order valence-electron chi connectivity index (χ0n) is 16.6. The van der Waals surface area contributed by atoms with Gasteiger partial charge >= 0.3 is 0 Å². The van der Waals surface area contributed by atoms with Gasteiger partial charge in [-0.15, -0.1) is 0 Å². The second kappa shape index (κ2) is 8.14. The minimum absolute atomic E-state index is 0.0971. The number of rotatable bonds is 7. The van der Waals surface area contributed by atoms with Gasteiger partial charge in [-0.3, -0.25) is 4.72 Å². The summed E-state index contributed by atoms with van der Waals surface area (Å²) in [4.78, 5) is 0.213. The van der Waals surface area contributed by atoms with Crippen molar-refractivity contribution < 1.29 is 16.8 Å². The minimum atomic E-state index is -3.87. The van der Waals surface area contributed by atoms with Crippen molar-refractivity contribution in [2.75, 3.05) is 17.8 Å². The Morgan fingerprint density at radius 2 is 1.48 bits per heavy atom. The van der Waals surface area contributed by atoms with Gasteiger partial charge in [0, 0.05) is 13.1 Å². The number of aryl methyl sites for hydroxylation is 1. The van der Waals surface area contributed by atoms with Gasteiger partial charge in [0.25, 0.3) is 10.0 Å². The van der Waals surface area contributed by atoms with Gasteiger partial charge in [0.1, 0.15) is 0 Å². The number of hydrogen-bond acceptors (Lipinski definition) is 4. The first-order valence-corrected chi connectivity index (χ1v) is 12.2. The molecule has 3 rings (SSSR count). The van der Waals surface area contributed by atoms with E-state index >= 15 is 0 Å². The van der Waals surface area contributed by atoms with E-state index < -0.39 is 20.0 Å². The van der Waals surface area contributed by atoms with Gasteiger partial charge in [-0.1, -0.05) is 50.2 Å². The van der Waals surface area contributed by atoms with Crippen molar-refractivity contribution in [1.29, 1.82) is 0 Å². The summed E-state index contributed by atoms with van der Waals surface area (Å²) < 4.78 is 55.4. The maximum Gasteiger partial charge on any atom is 0.261 e. The summed E-state index contributed by atoms with van der Waals surface area (Å²) in [7, 11) is -7.57. The van der Waals surface area contributed by atoms with Gasteiger partial charge in [0.2, 0.25) is 10.0 Å². The number of nitrogens with one attached hydrogen (secondary N) is 1. The summed E-state index contributed by atoms with van der Waals surface area (Å²) in [6.45, 7) is 5.90. The molecule has 0 heterocycles. The minimum Gasteiger partial charge on any atom is -0.280 e. The number of hydrogen-bond donors (Lipinski definition) is 1. The number of anilines is 1. The van der Waals surface area contributed by atoms with Crippen LogP contribution in [0.2, 0.25) is 0 Å². The topological polar surface area (TPSA) is 83.6 Å². The van der Waals surface area contributed by atoms with Crippen LogP contribution in [0, 0.1) is 6.92 Å². The van der Waals surface area contributed by atoms with Crippen LogP contribution in [0.25, 0.3) is 10.8 Å². The highest BCUT2D eigenvalue weighted by atomic mass is 32.2. The average Bonchev–Trinajstić information content (AvgIpc) is 2.69. The Balaban J connectivity index is 1.99. The van der Waals surface area contributed by atoms with Crippen LogP contribution in [0.5, 0.6) is 0 Å². The van der Waals surface area contributed by atoms with Gasteiger partial charge in [0.15, 0.2) is 0 Å². The molecule has 0 saturated heterocycles. The lowest BCUT2D eigenvalue weighted by molar-refractivity contribution is 0.445. The van der Waals surface area contributed by atoms with Gasteiger partial charge < -0.3 is 0 Å². The number of benzene rings is 3. The molecule has 0 aliphatic heterocycles. The van der Waals surface area contributed by atoms with Crippen LogP contribution >= 0.6 is 0 Å². The Morgan fingerprint density at radius 3 is 2.14 bits per heavy atom. The maximum atomic E-state index is 12.9. The first-order valence-electron chi connectivity index (χ1n) is 9.31. The molecule has 0 aliphatic rings. The fourth-order valence-corrected chi connectivity index (χ4v) is 5.99.